The molecule has 1 aliphatic rings. The fourth-order valence-electron chi connectivity index (χ4n) is 2.89. The topological polar surface area (TPSA) is 56.6 Å². The number of hydrogen-bond acceptors (Lipinski definition) is 5. The van der Waals surface area contributed by atoms with Crippen LogP contribution in [0.1, 0.15) is 0 Å². The van der Waals surface area contributed by atoms with Gasteiger partial charge in [-0.05, 0) is 24.3 Å². The summed E-state index contributed by atoms with van der Waals surface area (Å²) in [5.74, 6) is 0.278. The van der Waals surface area contributed by atoms with Gasteiger partial charge in [0.15, 0.2) is 12.4 Å². The van der Waals surface area contributed by atoms with Crippen molar-refractivity contribution in [1.82, 2.24) is 0 Å². The molecule has 26 heavy (non-hydrogen) atoms. The number of ketones is 1. The smallest absolute Gasteiger partial charge is 0.214 e. The molecule has 7 heteroatoms. The number of rotatable bonds is 4. The molecule has 0 amide bonds. The molecule has 3 rings (SSSR count). The minimum atomic E-state index is -0.454. The summed E-state index contributed by atoms with van der Waals surface area (Å²) in [5, 5.41) is 10.2. The third-order valence-corrected chi connectivity index (χ3v) is 4.72. The Morgan fingerprint density at radius 2 is 1.58 bits per heavy atom. The van der Waals surface area contributed by atoms with Gasteiger partial charge in [-0.25, -0.2) is 0 Å². The molecule has 5 nitrogen and oxygen atoms in total. The fourth-order valence-corrected chi connectivity index (χ4v) is 3.39. The molecule has 0 saturated heterocycles. The van der Waals surface area contributed by atoms with Crippen LogP contribution in [0.25, 0.3) is 0 Å². The molecule has 0 fully saturated rings. The molecule has 0 bridgehead atoms. The highest BCUT2D eigenvalue weighted by atomic mass is 35.5. The number of halogens is 2. The lowest BCUT2D eigenvalue weighted by atomic mass is 10.2. The first-order valence-corrected chi connectivity index (χ1v) is 8.52. The third kappa shape index (κ3) is 3.10. The quantitative estimate of drug-likeness (QED) is 0.579. The van der Waals surface area contributed by atoms with E-state index in [1.807, 2.05) is 54.2 Å². The van der Waals surface area contributed by atoms with Gasteiger partial charge < -0.3 is 14.5 Å². The highest BCUT2D eigenvalue weighted by Gasteiger charge is 2.31. The first-order valence-electron chi connectivity index (χ1n) is 7.76. The van der Waals surface area contributed by atoms with Crippen LogP contribution in [0, 0.1) is 11.3 Å². The number of nitriles is 1. The zero-order chi connectivity index (χ0) is 18.8. The summed E-state index contributed by atoms with van der Waals surface area (Å²) in [6.07, 6.45) is 0. The largest absolute Gasteiger partial charge is 0.482 e. The Labute approximate surface area is 161 Å². The molecule has 0 saturated carbocycles. The Hall–Kier alpha value is -2.68. The Morgan fingerprint density at radius 1 is 1.04 bits per heavy atom. The molecule has 0 N–H and O–H groups in total. The number of anilines is 2. The first kappa shape index (κ1) is 18.1. The van der Waals surface area contributed by atoms with E-state index < -0.39 is 5.78 Å². The summed E-state index contributed by atoms with van der Waals surface area (Å²) in [6.45, 7) is -0.339. The summed E-state index contributed by atoms with van der Waals surface area (Å²) in [7, 11) is 3.63. The zero-order valence-corrected chi connectivity index (χ0v) is 15.7. The lowest BCUT2D eigenvalue weighted by Crippen LogP contribution is -2.27. The summed E-state index contributed by atoms with van der Waals surface area (Å²) < 4.78 is 5.48. The monoisotopic (exact) mass is 387 g/mol. The van der Waals surface area contributed by atoms with Crippen LogP contribution in [0.5, 0.6) is 5.75 Å². The van der Waals surface area contributed by atoms with E-state index in [9.17, 15) is 10.1 Å². The number of carbonyl (C=O) groups excluding carboxylic acids is 1. The maximum Gasteiger partial charge on any atom is 0.214 e. The van der Waals surface area contributed by atoms with Crippen molar-refractivity contribution in [2.45, 2.75) is 0 Å². The highest BCUT2D eigenvalue weighted by molar-refractivity contribution is 6.37. The minimum absolute atomic E-state index is 0.00868. The second-order valence-corrected chi connectivity index (χ2v) is 6.49. The van der Waals surface area contributed by atoms with Crippen molar-refractivity contribution < 1.29 is 9.53 Å². The van der Waals surface area contributed by atoms with Gasteiger partial charge in [0.1, 0.15) is 17.5 Å². The molecule has 0 radical (unpaired) electrons. The fraction of sp³-hybridized carbons (Fsp3) is 0.158. The van der Waals surface area contributed by atoms with E-state index in [0.29, 0.717) is 15.9 Å². The summed E-state index contributed by atoms with van der Waals surface area (Å²) in [6, 6.07) is 14.6. The van der Waals surface area contributed by atoms with Crippen molar-refractivity contribution in [2.75, 3.05) is 30.5 Å². The Balaban J connectivity index is 1.89. The zero-order valence-electron chi connectivity index (χ0n) is 14.2. The normalized spacial score (nSPS) is 12.7. The van der Waals surface area contributed by atoms with Gasteiger partial charge in [0, 0.05) is 14.1 Å². The van der Waals surface area contributed by atoms with Crippen LogP contribution in [0.15, 0.2) is 53.9 Å². The van der Waals surface area contributed by atoms with E-state index in [1.54, 1.807) is 18.2 Å². The van der Waals surface area contributed by atoms with Gasteiger partial charge in [-0.3, -0.25) is 4.79 Å². The molecule has 0 aromatic heterocycles. The average molecular weight is 388 g/mol. The van der Waals surface area contributed by atoms with Crippen molar-refractivity contribution in [1.29, 1.82) is 5.26 Å². The predicted octanol–water partition coefficient (Wildman–Crippen LogP) is 4.26. The van der Waals surface area contributed by atoms with Crippen molar-refractivity contribution in [2.24, 2.45) is 0 Å². The van der Waals surface area contributed by atoms with E-state index in [-0.39, 0.29) is 17.9 Å². The maximum absolute atomic E-state index is 12.7. The minimum Gasteiger partial charge on any atom is -0.482 e. The predicted molar refractivity (Wildman–Crippen MR) is 103 cm³/mol. The first-order chi connectivity index (χ1) is 12.5. The summed E-state index contributed by atoms with van der Waals surface area (Å²) in [5.41, 5.74) is 1.84. The van der Waals surface area contributed by atoms with E-state index in [2.05, 4.69) is 0 Å². The molecule has 0 aliphatic carbocycles. The van der Waals surface area contributed by atoms with Crippen LogP contribution in [0.2, 0.25) is 10.0 Å². The number of ether oxygens (including phenoxy) is 1. The lowest BCUT2D eigenvalue weighted by Gasteiger charge is -2.20. The van der Waals surface area contributed by atoms with Crippen LogP contribution in [0.3, 0.4) is 0 Å². The number of fused-ring (bicyclic) bond motifs is 1. The van der Waals surface area contributed by atoms with E-state index >= 15 is 0 Å². The Kier molecular flexibility index (Phi) is 5.08. The molecule has 132 valence electrons. The molecular weight excluding hydrogens is 373 g/mol. The van der Waals surface area contributed by atoms with Crippen molar-refractivity contribution >= 4 is 40.4 Å². The second-order valence-electron chi connectivity index (χ2n) is 5.68. The van der Waals surface area contributed by atoms with Crippen molar-refractivity contribution in [3.63, 3.8) is 0 Å². The number of carbonyl (C=O) groups is 1. The summed E-state index contributed by atoms with van der Waals surface area (Å²) in [4.78, 5) is 16.3. The van der Waals surface area contributed by atoms with Crippen molar-refractivity contribution in [3.05, 3.63) is 63.9 Å². The third-order valence-electron chi connectivity index (χ3n) is 4.12. The average Bonchev–Trinajstić information content (AvgIpc) is 2.88. The van der Waals surface area contributed by atoms with Crippen LogP contribution in [0.4, 0.5) is 11.4 Å². The van der Waals surface area contributed by atoms with Gasteiger partial charge in [-0.2, -0.15) is 5.26 Å². The van der Waals surface area contributed by atoms with E-state index in [0.717, 1.165) is 11.4 Å². The van der Waals surface area contributed by atoms with Gasteiger partial charge >= 0.3 is 0 Å². The SMILES string of the molecule is CN1C(=C(C#N)C(=O)COc2c(Cl)cccc2Cl)N(C)c2ccccc21. The molecule has 2 aromatic rings. The van der Waals surface area contributed by atoms with E-state index in [1.165, 1.54) is 0 Å². The Morgan fingerprint density at radius 3 is 2.08 bits per heavy atom. The number of nitrogens with zero attached hydrogens (tertiary/aromatic N) is 3. The van der Waals surface area contributed by atoms with Crippen LogP contribution < -0.4 is 14.5 Å². The molecule has 2 aromatic carbocycles. The Bertz CT molecular complexity index is 899. The van der Waals surface area contributed by atoms with Gasteiger partial charge in [0.2, 0.25) is 5.78 Å². The molecular formula is C19H15Cl2N3O2. The highest BCUT2D eigenvalue weighted by Crippen LogP contribution is 2.40. The standard InChI is InChI=1S/C19H15Cl2N3O2/c1-23-15-8-3-4-9-16(15)24(2)19(23)12(10-22)17(25)11-26-18-13(20)6-5-7-14(18)21/h3-9H,11H2,1-2H3. The van der Waals surface area contributed by atoms with Gasteiger partial charge in [0.25, 0.3) is 0 Å². The molecule has 0 spiro atoms. The maximum atomic E-state index is 12.7. The van der Waals surface area contributed by atoms with Crippen molar-refractivity contribution in [3.8, 4) is 11.8 Å². The lowest BCUT2D eigenvalue weighted by molar-refractivity contribution is -0.117. The van der Waals surface area contributed by atoms with Crippen LogP contribution in [-0.2, 0) is 4.79 Å². The van der Waals surface area contributed by atoms with Gasteiger partial charge in [-0.15, -0.1) is 0 Å². The molecule has 0 unspecified atom stereocenters. The van der Waals surface area contributed by atoms with Crippen LogP contribution in [-0.4, -0.2) is 26.5 Å². The number of para-hydroxylation sites is 3. The summed E-state index contributed by atoms with van der Waals surface area (Å²) >= 11 is 12.1. The second kappa shape index (κ2) is 7.28. The molecule has 1 aliphatic heterocycles. The number of Topliss-reactive ketones (excluding diaryl/α,β-unsaturated/α-hetero) is 1. The number of benzene rings is 2. The van der Waals surface area contributed by atoms with Gasteiger partial charge in [-0.1, -0.05) is 41.4 Å². The molecule has 0 atom stereocenters. The number of hydrogen-bond donors (Lipinski definition) is 0. The van der Waals surface area contributed by atoms with E-state index in [4.69, 9.17) is 27.9 Å². The van der Waals surface area contributed by atoms with Crippen LogP contribution >= 0.6 is 23.2 Å². The molecule has 1 heterocycles. The van der Waals surface area contributed by atoms with Gasteiger partial charge in [0.05, 0.1) is 21.4 Å².